The number of carboxylic acids is 1. The van der Waals surface area contributed by atoms with E-state index in [4.69, 9.17) is 5.11 Å². The third-order valence-electron chi connectivity index (χ3n) is 2.48. The number of rotatable bonds is 8. The van der Waals surface area contributed by atoms with Crippen LogP contribution < -0.4 is 4.72 Å². The molecule has 0 bridgehead atoms. The van der Waals surface area contributed by atoms with Gasteiger partial charge in [-0.1, -0.05) is 13.8 Å². The van der Waals surface area contributed by atoms with Crippen LogP contribution in [0.25, 0.3) is 0 Å². The molecule has 19 heavy (non-hydrogen) atoms. The molecule has 0 fully saturated rings. The number of hydrogen-bond donors (Lipinski definition) is 2. The molecule has 0 saturated heterocycles. The maximum atomic E-state index is 11.9. The topological polar surface area (TPSA) is 113 Å². The second-order valence-corrected chi connectivity index (χ2v) is 6.14. The summed E-state index contributed by atoms with van der Waals surface area (Å²) >= 11 is 0. The Balaban J connectivity index is 4.68. The average Bonchev–Trinajstić information content (AvgIpc) is 2.31. The van der Waals surface area contributed by atoms with E-state index in [9.17, 15) is 18.0 Å². The number of ether oxygens (including phenoxy) is 1. The van der Waals surface area contributed by atoms with E-state index >= 15 is 0 Å². The summed E-state index contributed by atoms with van der Waals surface area (Å²) < 4.78 is 31.1. The number of carbonyl (C=O) groups excluding carboxylic acids is 1. The van der Waals surface area contributed by atoms with Crippen molar-refractivity contribution in [3.8, 4) is 0 Å². The molecule has 112 valence electrons. The Morgan fingerprint density at radius 3 is 2.26 bits per heavy atom. The largest absolute Gasteiger partial charge is 0.480 e. The molecule has 0 radical (unpaired) electrons. The molecule has 0 spiro atoms. The van der Waals surface area contributed by atoms with Crippen molar-refractivity contribution < 1.29 is 27.9 Å². The fourth-order valence-corrected chi connectivity index (χ4v) is 2.40. The Morgan fingerprint density at radius 2 is 1.89 bits per heavy atom. The monoisotopic (exact) mass is 296 g/mol. The van der Waals surface area contributed by atoms with E-state index in [1.165, 1.54) is 14.2 Å². The van der Waals surface area contributed by atoms with Gasteiger partial charge in [-0.3, -0.25) is 9.59 Å². The average molecular weight is 296 g/mol. The van der Waals surface area contributed by atoms with Crippen molar-refractivity contribution in [2.75, 3.05) is 20.7 Å². The van der Waals surface area contributed by atoms with Gasteiger partial charge in [0.15, 0.2) is 0 Å². The minimum Gasteiger partial charge on any atom is -0.480 e. The number of aliphatic carboxylic acids is 1. The van der Waals surface area contributed by atoms with Gasteiger partial charge in [-0.15, -0.1) is 0 Å². The van der Waals surface area contributed by atoms with Gasteiger partial charge in [-0.25, -0.2) is 0 Å². The number of nitrogens with one attached hydrogen (secondary N) is 1. The first-order valence-electron chi connectivity index (χ1n) is 5.65. The summed E-state index contributed by atoms with van der Waals surface area (Å²) in [7, 11) is -1.50. The zero-order valence-corrected chi connectivity index (χ0v) is 12.2. The summed E-state index contributed by atoms with van der Waals surface area (Å²) in [5.74, 6) is -2.19. The zero-order chi connectivity index (χ0) is 15.2. The summed E-state index contributed by atoms with van der Waals surface area (Å²) in [6.07, 6.45) is -0.104. The van der Waals surface area contributed by atoms with Gasteiger partial charge in [-0.2, -0.15) is 17.4 Å². The fraction of sp³-hybridized carbons (Fsp3) is 0.800. The highest BCUT2D eigenvalue weighted by molar-refractivity contribution is 7.87. The Bertz CT molecular complexity index is 420. The lowest BCUT2D eigenvalue weighted by atomic mass is 10.1. The molecule has 0 unspecified atom stereocenters. The molecule has 2 N–H and O–H groups in total. The summed E-state index contributed by atoms with van der Waals surface area (Å²) in [5.41, 5.74) is 0. The third kappa shape index (κ3) is 5.99. The van der Waals surface area contributed by atoms with Gasteiger partial charge in [0.05, 0.1) is 13.5 Å². The molecule has 0 aromatic heterocycles. The van der Waals surface area contributed by atoms with Crippen molar-refractivity contribution in [1.29, 1.82) is 0 Å². The molecule has 0 aromatic carbocycles. The van der Waals surface area contributed by atoms with Crippen molar-refractivity contribution in [1.82, 2.24) is 9.03 Å². The predicted octanol–water partition coefficient (Wildman–Crippen LogP) is -0.575. The Morgan fingerprint density at radius 1 is 1.37 bits per heavy atom. The zero-order valence-electron chi connectivity index (χ0n) is 11.4. The highest BCUT2D eigenvalue weighted by Gasteiger charge is 2.29. The van der Waals surface area contributed by atoms with Crippen LogP contribution in [0.3, 0.4) is 0 Å². The minimum absolute atomic E-state index is 0.0908. The van der Waals surface area contributed by atoms with Crippen molar-refractivity contribution in [2.24, 2.45) is 5.92 Å². The lowest BCUT2D eigenvalue weighted by Gasteiger charge is -2.22. The summed E-state index contributed by atoms with van der Waals surface area (Å²) in [6.45, 7) is 3.10. The predicted molar refractivity (Wildman–Crippen MR) is 67.6 cm³/mol. The first kappa shape index (κ1) is 17.8. The van der Waals surface area contributed by atoms with Crippen LogP contribution >= 0.6 is 0 Å². The number of methoxy groups -OCH3 is 1. The number of esters is 1. The van der Waals surface area contributed by atoms with E-state index in [2.05, 4.69) is 9.46 Å². The molecular formula is C10H20N2O6S. The lowest BCUT2D eigenvalue weighted by Crippen LogP contribution is -2.49. The molecule has 9 heteroatoms. The number of nitrogens with zero attached hydrogens (tertiary/aromatic N) is 1. The van der Waals surface area contributed by atoms with Crippen LogP contribution in [0.1, 0.15) is 20.3 Å². The number of carbonyl (C=O) groups is 2. The van der Waals surface area contributed by atoms with E-state index in [0.717, 1.165) is 4.31 Å². The van der Waals surface area contributed by atoms with E-state index in [-0.39, 0.29) is 13.0 Å². The van der Waals surface area contributed by atoms with Crippen LogP contribution in [0.5, 0.6) is 0 Å². The highest BCUT2D eigenvalue weighted by Crippen LogP contribution is 2.06. The highest BCUT2D eigenvalue weighted by atomic mass is 32.2. The summed E-state index contributed by atoms with van der Waals surface area (Å²) in [6, 6.07) is -1.22. The molecule has 8 nitrogen and oxygen atoms in total. The molecule has 0 aliphatic rings. The standard InChI is InChI=1S/C10H20N2O6S/c1-7(2)9(10(14)15)11-19(16,17)12(3)6-5-8(13)18-4/h7,9,11H,5-6H2,1-4H3,(H,14,15)/t9-/m0/s1. The second kappa shape index (κ2) is 7.41. The molecule has 0 heterocycles. The molecule has 0 aromatic rings. The fourth-order valence-electron chi connectivity index (χ4n) is 1.19. The molecule has 0 saturated carbocycles. The molecule has 0 rings (SSSR count). The van der Waals surface area contributed by atoms with Gasteiger partial charge < -0.3 is 9.84 Å². The van der Waals surface area contributed by atoms with Gasteiger partial charge in [0.1, 0.15) is 6.04 Å². The van der Waals surface area contributed by atoms with Gasteiger partial charge in [-0.05, 0) is 5.92 Å². The molecule has 0 aliphatic heterocycles. The maximum Gasteiger partial charge on any atom is 0.322 e. The van der Waals surface area contributed by atoms with Gasteiger partial charge in [0.25, 0.3) is 10.2 Å². The molecular weight excluding hydrogens is 276 g/mol. The first-order chi connectivity index (χ1) is 8.61. The second-order valence-electron chi connectivity index (χ2n) is 4.33. The normalized spacial score (nSPS) is 13.6. The van der Waals surface area contributed by atoms with E-state index in [0.29, 0.717) is 0 Å². The lowest BCUT2D eigenvalue weighted by molar-refractivity contribution is -0.141. The van der Waals surface area contributed by atoms with Crippen LogP contribution in [0.4, 0.5) is 0 Å². The van der Waals surface area contributed by atoms with Crippen molar-refractivity contribution in [2.45, 2.75) is 26.3 Å². The van der Waals surface area contributed by atoms with Crippen LogP contribution in [-0.2, 0) is 24.5 Å². The number of hydrogen-bond acceptors (Lipinski definition) is 5. The Labute approximate surface area is 112 Å². The number of carboxylic acid groups (broad SMARTS) is 1. The van der Waals surface area contributed by atoms with Crippen molar-refractivity contribution >= 4 is 22.1 Å². The van der Waals surface area contributed by atoms with Crippen molar-refractivity contribution in [3.05, 3.63) is 0 Å². The van der Waals surface area contributed by atoms with Gasteiger partial charge in [0.2, 0.25) is 0 Å². The smallest absolute Gasteiger partial charge is 0.322 e. The van der Waals surface area contributed by atoms with Crippen LogP contribution in [0.2, 0.25) is 0 Å². The van der Waals surface area contributed by atoms with Crippen molar-refractivity contribution in [3.63, 3.8) is 0 Å². The quantitative estimate of drug-likeness (QED) is 0.580. The van der Waals surface area contributed by atoms with E-state index in [1.807, 2.05) is 0 Å². The van der Waals surface area contributed by atoms with Crippen LogP contribution in [-0.4, -0.2) is 56.5 Å². The summed E-state index contributed by atoms with van der Waals surface area (Å²) in [4.78, 5) is 21.9. The third-order valence-corrected chi connectivity index (χ3v) is 4.03. The SMILES string of the molecule is COC(=O)CCN(C)S(=O)(=O)N[C@H](C(=O)O)C(C)C. The minimum atomic E-state index is -3.96. The molecule has 1 atom stereocenters. The van der Waals surface area contributed by atoms with E-state index < -0.39 is 34.1 Å². The van der Waals surface area contributed by atoms with Crippen LogP contribution in [0, 0.1) is 5.92 Å². The Hall–Kier alpha value is -1.19. The van der Waals surface area contributed by atoms with Gasteiger partial charge >= 0.3 is 11.9 Å². The first-order valence-corrected chi connectivity index (χ1v) is 7.09. The maximum absolute atomic E-state index is 11.9. The molecule has 0 amide bonds. The Kier molecular flexibility index (Phi) is 6.95. The molecule has 0 aliphatic carbocycles. The van der Waals surface area contributed by atoms with Crippen LogP contribution in [0.15, 0.2) is 0 Å². The van der Waals surface area contributed by atoms with Gasteiger partial charge in [0, 0.05) is 13.6 Å². The summed E-state index contributed by atoms with van der Waals surface area (Å²) in [5, 5.41) is 8.93. The van der Waals surface area contributed by atoms with E-state index in [1.54, 1.807) is 13.8 Å².